The Kier molecular flexibility index (Phi) is 2.60. The molecule has 0 radical (unpaired) electrons. The maximum atomic E-state index is 5.46. The van der Waals surface area contributed by atoms with Crippen LogP contribution in [0.2, 0.25) is 0 Å². The lowest BCUT2D eigenvalue weighted by molar-refractivity contribution is 0.269. The number of halogens is 1. The lowest BCUT2D eigenvalue weighted by atomic mass is 10.4. The Bertz CT molecular complexity index is 529. The van der Waals surface area contributed by atoms with Crippen LogP contribution in [0.5, 0.6) is 5.88 Å². The van der Waals surface area contributed by atoms with Crippen molar-refractivity contribution in [3.05, 3.63) is 23.2 Å². The van der Waals surface area contributed by atoms with Crippen molar-refractivity contribution in [2.45, 2.75) is 13.0 Å². The van der Waals surface area contributed by atoms with Gasteiger partial charge in [0.2, 0.25) is 5.65 Å². The Morgan fingerprint density at radius 3 is 3.20 bits per heavy atom. The van der Waals surface area contributed by atoms with Gasteiger partial charge in [0.1, 0.15) is 4.60 Å². The Labute approximate surface area is 95.4 Å². The Balaban J connectivity index is 2.49. The Morgan fingerprint density at radius 2 is 2.47 bits per heavy atom. The van der Waals surface area contributed by atoms with Crippen LogP contribution in [-0.4, -0.2) is 20.5 Å². The van der Waals surface area contributed by atoms with Gasteiger partial charge in [0, 0.05) is 18.6 Å². The molecule has 0 saturated heterocycles. The number of hydrogen-bond acceptors (Lipinski definition) is 3. The zero-order valence-electron chi connectivity index (χ0n) is 8.01. The van der Waals surface area contributed by atoms with Crippen molar-refractivity contribution in [3.63, 3.8) is 0 Å². The number of aromatic nitrogens is 3. The van der Waals surface area contributed by atoms with Crippen LogP contribution >= 0.6 is 15.9 Å². The van der Waals surface area contributed by atoms with Crippen LogP contribution < -0.4 is 4.74 Å². The highest BCUT2D eigenvalue weighted by Gasteiger charge is 2.09. The van der Waals surface area contributed by atoms with Crippen molar-refractivity contribution in [3.8, 4) is 18.2 Å². The molecule has 0 bridgehead atoms. The molecule has 1 unspecified atom stereocenters. The number of ether oxygens (including phenoxy) is 1. The molecule has 2 rings (SSSR count). The van der Waals surface area contributed by atoms with Crippen LogP contribution in [0.4, 0.5) is 0 Å². The van der Waals surface area contributed by atoms with Crippen molar-refractivity contribution in [1.82, 2.24) is 14.4 Å². The second-order valence-electron chi connectivity index (χ2n) is 2.95. The standard InChI is InChI=1S/C10H8BrN3O/c1-3-7(2)15-10-9-12-4-5-14(9)6-8(11)13-10/h1,4-7H,2H3. The number of rotatable bonds is 2. The van der Waals surface area contributed by atoms with Crippen LogP contribution in [-0.2, 0) is 0 Å². The molecule has 0 aliphatic rings. The number of fused-ring (bicyclic) bond motifs is 1. The van der Waals surface area contributed by atoms with Gasteiger partial charge >= 0.3 is 0 Å². The lowest BCUT2D eigenvalue weighted by Crippen LogP contribution is -2.10. The average Bonchev–Trinajstić information content (AvgIpc) is 2.65. The summed E-state index contributed by atoms with van der Waals surface area (Å²) in [4.78, 5) is 8.31. The summed E-state index contributed by atoms with van der Waals surface area (Å²) in [5.74, 6) is 2.91. The van der Waals surface area contributed by atoms with Gasteiger partial charge in [0.15, 0.2) is 6.10 Å². The van der Waals surface area contributed by atoms with E-state index in [4.69, 9.17) is 11.2 Å². The maximum absolute atomic E-state index is 5.46. The van der Waals surface area contributed by atoms with E-state index in [2.05, 4.69) is 31.8 Å². The summed E-state index contributed by atoms with van der Waals surface area (Å²) in [6.45, 7) is 1.78. The highest BCUT2D eigenvalue weighted by Crippen LogP contribution is 2.19. The SMILES string of the molecule is C#CC(C)Oc1nc(Br)cn2ccnc12. The molecule has 5 heteroatoms. The van der Waals surface area contributed by atoms with Crippen LogP contribution in [0.15, 0.2) is 23.2 Å². The van der Waals surface area contributed by atoms with E-state index in [1.54, 1.807) is 19.3 Å². The summed E-state index contributed by atoms with van der Waals surface area (Å²) in [6, 6.07) is 0. The van der Waals surface area contributed by atoms with Crippen molar-refractivity contribution < 1.29 is 4.74 Å². The van der Waals surface area contributed by atoms with Crippen LogP contribution in [0.3, 0.4) is 0 Å². The van der Waals surface area contributed by atoms with E-state index in [1.807, 2.05) is 10.6 Å². The van der Waals surface area contributed by atoms with Gasteiger partial charge in [0.05, 0.1) is 0 Å². The molecule has 0 saturated carbocycles. The predicted octanol–water partition coefficient (Wildman–Crippen LogP) is 1.89. The number of hydrogen-bond donors (Lipinski definition) is 0. The quantitative estimate of drug-likeness (QED) is 0.779. The van der Waals surface area contributed by atoms with Gasteiger partial charge in [-0.05, 0) is 22.9 Å². The minimum Gasteiger partial charge on any atom is -0.459 e. The van der Waals surface area contributed by atoms with Crippen molar-refractivity contribution in [2.24, 2.45) is 0 Å². The fourth-order valence-electron chi connectivity index (χ4n) is 1.15. The van der Waals surface area contributed by atoms with Gasteiger partial charge in [0.25, 0.3) is 5.88 Å². The molecular weight excluding hydrogens is 258 g/mol. The third-order valence-corrected chi connectivity index (χ3v) is 2.22. The van der Waals surface area contributed by atoms with E-state index >= 15 is 0 Å². The second kappa shape index (κ2) is 3.91. The lowest BCUT2D eigenvalue weighted by Gasteiger charge is -2.08. The molecule has 4 nitrogen and oxygen atoms in total. The van der Waals surface area contributed by atoms with Crippen molar-refractivity contribution >= 4 is 21.6 Å². The molecule has 0 aliphatic heterocycles. The van der Waals surface area contributed by atoms with Crippen LogP contribution in [0, 0.1) is 12.3 Å². The fraction of sp³-hybridized carbons (Fsp3) is 0.200. The van der Waals surface area contributed by atoms with Crippen LogP contribution in [0.25, 0.3) is 5.65 Å². The molecule has 76 valence electrons. The summed E-state index contributed by atoms with van der Waals surface area (Å²) in [5.41, 5.74) is 0.653. The summed E-state index contributed by atoms with van der Waals surface area (Å²) in [6.07, 6.45) is 10.2. The molecule has 2 aromatic heterocycles. The van der Waals surface area contributed by atoms with E-state index in [0.29, 0.717) is 16.1 Å². The van der Waals surface area contributed by atoms with E-state index in [0.717, 1.165) is 0 Å². The van der Waals surface area contributed by atoms with Gasteiger partial charge in [-0.15, -0.1) is 6.42 Å². The Morgan fingerprint density at radius 1 is 1.67 bits per heavy atom. The normalized spacial score (nSPS) is 12.3. The van der Waals surface area contributed by atoms with Crippen molar-refractivity contribution in [2.75, 3.05) is 0 Å². The van der Waals surface area contributed by atoms with Gasteiger partial charge in [-0.25, -0.2) is 9.97 Å². The summed E-state index contributed by atoms with van der Waals surface area (Å²) in [7, 11) is 0. The minimum atomic E-state index is -0.327. The summed E-state index contributed by atoms with van der Waals surface area (Å²) < 4.78 is 7.94. The van der Waals surface area contributed by atoms with Crippen LogP contribution in [0.1, 0.15) is 6.92 Å². The van der Waals surface area contributed by atoms with E-state index in [9.17, 15) is 0 Å². The molecule has 0 fully saturated rings. The first kappa shape index (κ1) is 9.99. The van der Waals surface area contributed by atoms with E-state index in [-0.39, 0.29) is 6.10 Å². The van der Waals surface area contributed by atoms with Gasteiger partial charge in [-0.3, -0.25) is 4.40 Å². The molecule has 2 aromatic rings. The van der Waals surface area contributed by atoms with Crippen molar-refractivity contribution in [1.29, 1.82) is 0 Å². The zero-order chi connectivity index (χ0) is 10.8. The smallest absolute Gasteiger partial charge is 0.260 e. The molecule has 1 atom stereocenters. The van der Waals surface area contributed by atoms with E-state index < -0.39 is 0 Å². The molecular formula is C10H8BrN3O. The minimum absolute atomic E-state index is 0.327. The first-order valence-corrected chi connectivity index (χ1v) is 5.12. The highest BCUT2D eigenvalue weighted by atomic mass is 79.9. The van der Waals surface area contributed by atoms with Gasteiger partial charge in [-0.1, -0.05) is 5.92 Å². The molecule has 0 aliphatic carbocycles. The largest absolute Gasteiger partial charge is 0.459 e. The Hall–Kier alpha value is -1.54. The zero-order valence-corrected chi connectivity index (χ0v) is 9.60. The molecule has 2 heterocycles. The number of nitrogens with zero attached hydrogens (tertiary/aromatic N) is 3. The predicted molar refractivity (Wildman–Crippen MR) is 59.6 cm³/mol. The fourth-order valence-corrected chi connectivity index (χ4v) is 1.54. The highest BCUT2D eigenvalue weighted by molar-refractivity contribution is 9.10. The first-order valence-electron chi connectivity index (χ1n) is 4.32. The molecule has 0 N–H and O–H groups in total. The van der Waals surface area contributed by atoms with Gasteiger partial charge in [-0.2, -0.15) is 0 Å². The topological polar surface area (TPSA) is 39.4 Å². The van der Waals surface area contributed by atoms with Gasteiger partial charge < -0.3 is 4.74 Å². The van der Waals surface area contributed by atoms with E-state index in [1.165, 1.54) is 0 Å². The monoisotopic (exact) mass is 265 g/mol. The molecule has 0 aromatic carbocycles. The molecule has 0 amide bonds. The maximum Gasteiger partial charge on any atom is 0.260 e. The summed E-state index contributed by atoms with van der Waals surface area (Å²) >= 11 is 3.29. The summed E-state index contributed by atoms with van der Waals surface area (Å²) in [5, 5.41) is 0. The third kappa shape index (κ3) is 1.95. The number of imidazole rings is 1. The number of terminal acetylenes is 1. The molecule has 0 spiro atoms. The second-order valence-corrected chi connectivity index (χ2v) is 3.77. The first-order chi connectivity index (χ1) is 7.20. The third-order valence-electron chi connectivity index (χ3n) is 1.84. The molecule has 15 heavy (non-hydrogen) atoms. The average molecular weight is 266 g/mol.